The second-order valence-corrected chi connectivity index (χ2v) is 4.39. The van der Waals surface area contributed by atoms with Crippen LogP contribution >= 0.6 is 0 Å². The van der Waals surface area contributed by atoms with Crippen molar-refractivity contribution >= 4 is 11.9 Å². The Bertz CT molecular complexity index is 274. The SMILES string of the molecule is NC1(CC(=O)N[C@@H](CO)C(=O)O)CCCC1. The Kier molecular flexibility index (Phi) is 4.26. The fraction of sp³-hybridized carbons (Fsp3) is 0.800. The van der Waals surface area contributed by atoms with Crippen LogP contribution in [-0.2, 0) is 9.59 Å². The standard InChI is InChI=1S/C10H18N2O4/c11-10(3-1-2-4-10)5-8(14)12-7(6-13)9(15)16/h7,13H,1-6,11H2,(H,12,14)(H,15,16)/t7-/m0/s1. The summed E-state index contributed by atoms with van der Waals surface area (Å²) in [5, 5.41) is 19.6. The van der Waals surface area contributed by atoms with Gasteiger partial charge in [-0.2, -0.15) is 0 Å². The van der Waals surface area contributed by atoms with Gasteiger partial charge in [-0.25, -0.2) is 4.79 Å². The smallest absolute Gasteiger partial charge is 0.328 e. The van der Waals surface area contributed by atoms with Crippen molar-refractivity contribution in [2.24, 2.45) is 5.73 Å². The summed E-state index contributed by atoms with van der Waals surface area (Å²) in [5.74, 6) is -1.65. The normalized spacial score (nSPS) is 20.4. The summed E-state index contributed by atoms with van der Waals surface area (Å²) in [6.07, 6.45) is 3.71. The Morgan fingerprint density at radius 3 is 2.38 bits per heavy atom. The van der Waals surface area contributed by atoms with Gasteiger partial charge in [0.25, 0.3) is 0 Å². The largest absolute Gasteiger partial charge is 0.480 e. The van der Waals surface area contributed by atoms with Gasteiger partial charge >= 0.3 is 5.97 Å². The minimum atomic E-state index is -1.24. The van der Waals surface area contributed by atoms with E-state index >= 15 is 0 Å². The van der Waals surface area contributed by atoms with Crippen LogP contribution in [0.25, 0.3) is 0 Å². The molecule has 0 heterocycles. The van der Waals surface area contributed by atoms with Gasteiger partial charge in [0.1, 0.15) is 6.04 Å². The van der Waals surface area contributed by atoms with Crippen molar-refractivity contribution in [3.63, 3.8) is 0 Å². The molecule has 1 aliphatic carbocycles. The molecule has 1 fully saturated rings. The average molecular weight is 230 g/mol. The zero-order valence-electron chi connectivity index (χ0n) is 9.11. The molecule has 0 aromatic rings. The topological polar surface area (TPSA) is 113 Å². The Labute approximate surface area is 93.8 Å². The first-order chi connectivity index (χ1) is 7.47. The van der Waals surface area contributed by atoms with Gasteiger partial charge < -0.3 is 21.3 Å². The molecule has 1 amide bonds. The average Bonchev–Trinajstić information content (AvgIpc) is 2.60. The monoisotopic (exact) mass is 230 g/mol. The van der Waals surface area contributed by atoms with Crippen molar-refractivity contribution in [3.05, 3.63) is 0 Å². The fourth-order valence-electron chi connectivity index (χ4n) is 2.01. The van der Waals surface area contributed by atoms with Crippen LogP contribution in [0.5, 0.6) is 0 Å². The van der Waals surface area contributed by atoms with E-state index in [0.717, 1.165) is 25.7 Å². The van der Waals surface area contributed by atoms with Crippen molar-refractivity contribution < 1.29 is 19.8 Å². The molecular formula is C10H18N2O4. The van der Waals surface area contributed by atoms with E-state index in [-0.39, 0.29) is 6.42 Å². The summed E-state index contributed by atoms with van der Waals surface area (Å²) in [5.41, 5.74) is 5.49. The maximum absolute atomic E-state index is 11.5. The minimum absolute atomic E-state index is 0.122. The molecule has 0 aliphatic heterocycles. The number of rotatable bonds is 5. The number of aliphatic hydroxyl groups excluding tert-OH is 1. The molecule has 1 saturated carbocycles. The fourth-order valence-corrected chi connectivity index (χ4v) is 2.01. The third-order valence-corrected chi connectivity index (χ3v) is 2.93. The Balaban J connectivity index is 2.43. The van der Waals surface area contributed by atoms with Crippen LogP contribution in [0.4, 0.5) is 0 Å². The molecule has 0 aromatic heterocycles. The molecule has 16 heavy (non-hydrogen) atoms. The molecule has 0 unspecified atom stereocenters. The summed E-state index contributed by atoms with van der Waals surface area (Å²) >= 11 is 0. The zero-order valence-corrected chi connectivity index (χ0v) is 9.11. The van der Waals surface area contributed by atoms with E-state index < -0.39 is 30.1 Å². The van der Waals surface area contributed by atoms with Crippen molar-refractivity contribution in [2.45, 2.75) is 43.7 Å². The molecule has 1 atom stereocenters. The number of nitrogens with one attached hydrogen (secondary N) is 1. The number of hydrogen-bond donors (Lipinski definition) is 4. The van der Waals surface area contributed by atoms with Crippen molar-refractivity contribution in [2.75, 3.05) is 6.61 Å². The highest BCUT2D eigenvalue weighted by Crippen LogP contribution is 2.29. The number of amides is 1. The number of carbonyl (C=O) groups excluding carboxylic acids is 1. The lowest BCUT2D eigenvalue weighted by molar-refractivity contribution is -0.143. The van der Waals surface area contributed by atoms with Crippen LogP contribution in [0.3, 0.4) is 0 Å². The van der Waals surface area contributed by atoms with E-state index in [1.54, 1.807) is 0 Å². The summed E-state index contributed by atoms with van der Waals surface area (Å²) in [6, 6.07) is -1.24. The van der Waals surface area contributed by atoms with Gasteiger partial charge in [-0.05, 0) is 12.8 Å². The summed E-state index contributed by atoms with van der Waals surface area (Å²) in [7, 11) is 0. The van der Waals surface area contributed by atoms with Crippen LogP contribution in [0, 0.1) is 0 Å². The molecule has 0 saturated heterocycles. The molecule has 5 N–H and O–H groups in total. The molecule has 6 heteroatoms. The quantitative estimate of drug-likeness (QED) is 0.494. The molecule has 0 bridgehead atoms. The third kappa shape index (κ3) is 3.46. The maximum atomic E-state index is 11.5. The van der Waals surface area contributed by atoms with Crippen LogP contribution in [0.2, 0.25) is 0 Å². The third-order valence-electron chi connectivity index (χ3n) is 2.93. The Morgan fingerprint density at radius 1 is 1.38 bits per heavy atom. The van der Waals surface area contributed by atoms with Crippen molar-refractivity contribution in [3.8, 4) is 0 Å². The summed E-state index contributed by atoms with van der Waals surface area (Å²) in [4.78, 5) is 22.1. The van der Waals surface area contributed by atoms with Gasteiger partial charge in [0.05, 0.1) is 6.61 Å². The predicted molar refractivity (Wildman–Crippen MR) is 56.7 cm³/mol. The highest BCUT2D eigenvalue weighted by atomic mass is 16.4. The number of hydrogen-bond acceptors (Lipinski definition) is 4. The van der Waals surface area contributed by atoms with Gasteiger partial charge in [-0.15, -0.1) is 0 Å². The van der Waals surface area contributed by atoms with E-state index in [9.17, 15) is 9.59 Å². The Morgan fingerprint density at radius 2 is 1.94 bits per heavy atom. The zero-order chi connectivity index (χ0) is 12.2. The van der Waals surface area contributed by atoms with Crippen LogP contribution < -0.4 is 11.1 Å². The molecule has 6 nitrogen and oxygen atoms in total. The van der Waals surface area contributed by atoms with Gasteiger partial charge in [-0.3, -0.25) is 4.79 Å². The number of nitrogens with two attached hydrogens (primary N) is 1. The second kappa shape index (κ2) is 5.27. The van der Waals surface area contributed by atoms with E-state index in [4.69, 9.17) is 15.9 Å². The van der Waals surface area contributed by atoms with Crippen molar-refractivity contribution in [1.82, 2.24) is 5.32 Å². The van der Waals surface area contributed by atoms with E-state index in [1.807, 2.05) is 0 Å². The molecule has 0 spiro atoms. The van der Waals surface area contributed by atoms with Gasteiger partial charge in [0, 0.05) is 12.0 Å². The highest BCUT2D eigenvalue weighted by molar-refractivity contribution is 5.84. The number of carbonyl (C=O) groups is 2. The van der Waals surface area contributed by atoms with E-state index in [1.165, 1.54) is 0 Å². The highest BCUT2D eigenvalue weighted by Gasteiger charge is 2.32. The lowest BCUT2D eigenvalue weighted by Crippen LogP contribution is -2.48. The number of carboxylic acids is 1. The van der Waals surface area contributed by atoms with E-state index in [0.29, 0.717) is 0 Å². The number of aliphatic hydroxyl groups is 1. The molecule has 92 valence electrons. The maximum Gasteiger partial charge on any atom is 0.328 e. The van der Waals surface area contributed by atoms with Crippen LogP contribution in [0.1, 0.15) is 32.1 Å². The molecule has 0 radical (unpaired) electrons. The van der Waals surface area contributed by atoms with Gasteiger partial charge in [-0.1, -0.05) is 12.8 Å². The van der Waals surface area contributed by atoms with E-state index in [2.05, 4.69) is 5.32 Å². The minimum Gasteiger partial charge on any atom is -0.480 e. The first-order valence-electron chi connectivity index (χ1n) is 5.39. The van der Waals surface area contributed by atoms with Crippen LogP contribution in [0.15, 0.2) is 0 Å². The molecule has 1 aliphatic rings. The Hall–Kier alpha value is -1.14. The number of carboxylic acid groups (broad SMARTS) is 1. The van der Waals surface area contributed by atoms with Crippen LogP contribution in [-0.4, -0.2) is 40.3 Å². The summed E-state index contributed by atoms with van der Waals surface area (Å²) < 4.78 is 0. The lowest BCUT2D eigenvalue weighted by Gasteiger charge is -2.23. The predicted octanol–water partition coefficient (Wildman–Crippen LogP) is -0.790. The van der Waals surface area contributed by atoms with Crippen molar-refractivity contribution in [1.29, 1.82) is 0 Å². The molecule has 0 aromatic carbocycles. The second-order valence-electron chi connectivity index (χ2n) is 4.39. The van der Waals surface area contributed by atoms with Gasteiger partial charge in [0.15, 0.2) is 0 Å². The van der Waals surface area contributed by atoms with Gasteiger partial charge in [0.2, 0.25) is 5.91 Å². The first kappa shape index (κ1) is 12.9. The summed E-state index contributed by atoms with van der Waals surface area (Å²) in [6.45, 7) is -0.612. The lowest BCUT2D eigenvalue weighted by atomic mass is 9.94. The molecular weight excluding hydrogens is 212 g/mol. The number of aliphatic carboxylic acids is 1. The first-order valence-corrected chi connectivity index (χ1v) is 5.39. The molecule has 1 rings (SSSR count).